The van der Waals surface area contributed by atoms with E-state index in [0.717, 1.165) is 41.7 Å². The fourth-order valence-corrected chi connectivity index (χ4v) is 3.61. The summed E-state index contributed by atoms with van der Waals surface area (Å²) in [4.78, 5) is 18.4. The van der Waals surface area contributed by atoms with E-state index in [0.29, 0.717) is 6.54 Å². The zero-order valence-electron chi connectivity index (χ0n) is 13.3. The minimum absolute atomic E-state index is 0.208. The molecule has 0 radical (unpaired) electrons. The van der Waals surface area contributed by atoms with Crippen molar-refractivity contribution in [2.45, 2.75) is 19.9 Å². The second-order valence-electron chi connectivity index (χ2n) is 6.32. The van der Waals surface area contributed by atoms with Gasteiger partial charge in [0.2, 0.25) is 0 Å². The lowest BCUT2D eigenvalue weighted by atomic mass is 9.99. The highest BCUT2D eigenvalue weighted by Gasteiger charge is 2.21. The average molecular weight is 304 g/mol. The lowest BCUT2D eigenvalue weighted by molar-refractivity contribution is 0.0922. The number of hydrogen-bond acceptors (Lipinski definition) is 2. The second kappa shape index (κ2) is 5.67. The largest absolute Gasteiger partial charge is 0.358 e. The molecule has 2 heterocycles. The summed E-state index contributed by atoms with van der Waals surface area (Å²) in [6.07, 6.45) is 1.02. The smallest absolute Gasteiger partial charge is 0.179 e. The number of aromatic amines is 1. The van der Waals surface area contributed by atoms with Gasteiger partial charge in [-0.3, -0.25) is 9.69 Å². The standard InChI is InChI=1S/C20H20N2O/c1-14-20(17-8-4-5-9-18(17)21-14)19(23)13-22-11-10-15-6-2-3-7-16(15)12-22/h2-9,21H,10-13H2,1H3. The highest BCUT2D eigenvalue weighted by Crippen LogP contribution is 2.24. The van der Waals surface area contributed by atoms with Crippen molar-refractivity contribution in [3.05, 3.63) is 70.9 Å². The summed E-state index contributed by atoms with van der Waals surface area (Å²) in [6, 6.07) is 16.6. The van der Waals surface area contributed by atoms with E-state index in [-0.39, 0.29) is 5.78 Å². The first-order chi connectivity index (χ1) is 11.2. The molecule has 0 atom stereocenters. The van der Waals surface area contributed by atoms with E-state index in [1.165, 1.54) is 11.1 Å². The average Bonchev–Trinajstić information content (AvgIpc) is 2.90. The van der Waals surface area contributed by atoms with E-state index >= 15 is 0 Å². The minimum atomic E-state index is 0.208. The fourth-order valence-electron chi connectivity index (χ4n) is 3.61. The maximum atomic E-state index is 12.9. The number of nitrogens with one attached hydrogen (secondary N) is 1. The number of ketones is 1. The summed E-state index contributed by atoms with van der Waals surface area (Å²) in [5, 5.41) is 1.03. The predicted molar refractivity (Wildman–Crippen MR) is 92.8 cm³/mol. The summed E-state index contributed by atoms with van der Waals surface area (Å²) in [6.45, 7) is 4.28. The van der Waals surface area contributed by atoms with Gasteiger partial charge in [-0.05, 0) is 30.5 Å². The van der Waals surface area contributed by atoms with Gasteiger partial charge in [-0.25, -0.2) is 0 Å². The highest BCUT2D eigenvalue weighted by molar-refractivity contribution is 6.10. The van der Waals surface area contributed by atoms with Crippen LogP contribution in [0.3, 0.4) is 0 Å². The van der Waals surface area contributed by atoms with Gasteiger partial charge in [0.1, 0.15) is 0 Å². The molecule has 0 bridgehead atoms. The Bertz CT molecular complexity index is 878. The minimum Gasteiger partial charge on any atom is -0.358 e. The molecular weight excluding hydrogens is 284 g/mol. The van der Waals surface area contributed by atoms with Gasteiger partial charge in [0.05, 0.1) is 6.54 Å². The van der Waals surface area contributed by atoms with Crippen LogP contribution < -0.4 is 0 Å². The monoisotopic (exact) mass is 304 g/mol. The third-order valence-corrected chi connectivity index (χ3v) is 4.75. The van der Waals surface area contributed by atoms with Crippen LogP contribution in [0.2, 0.25) is 0 Å². The van der Waals surface area contributed by atoms with Crippen LogP contribution in [0, 0.1) is 6.92 Å². The van der Waals surface area contributed by atoms with Gasteiger partial charge in [0, 0.05) is 35.2 Å². The van der Waals surface area contributed by atoms with Gasteiger partial charge in [0.25, 0.3) is 0 Å². The predicted octanol–water partition coefficient (Wildman–Crippen LogP) is 3.72. The molecule has 0 saturated heterocycles. The fraction of sp³-hybridized carbons (Fsp3) is 0.250. The van der Waals surface area contributed by atoms with Crippen molar-refractivity contribution in [1.82, 2.24) is 9.88 Å². The molecule has 1 aliphatic rings. The Balaban J connectivity index is 1.57. The van der Waals surface area contributed by atoms with Crippen molar-refractivity contribution >= 4 is 16.7 Å². The van der Waals surface area contributed by atoms with Crippen molar-refractivity contribution in [3.8, 4) is 0 Å². The molecule has 3 heteroatoms. The molecule has 1 aliphatic heterocycles. The summed E-state index contributed by atoms with van der Waals surface area (Å²) in [7, 11) is 0. The lowest BCUT2D eigenvalue weighted by Crippen LogP contribution is -2.35. The third kappa shape index (κ3) is 2.57. The van der Waals surface area contributed by atoms with E-state index in [2.05, 4.69) is 34.1 Å². The van der Waals surface area contributed by atoms with E-state index in [1.807, 2.05) is 31.2 Å². The van der Waals surface area contributed by atoms with E-state index in [4.69, 9.17) is 0 Å². The van der Waals surface area contributed by atoms with Crippen molar-refractivity contribution in [2.24, 2.45) is 0 Å². The SMILES string of the molecule is Cc1[nH]c2ccccc2c1C(=O)CN1CCc2ccccc2C1. The molecule has 2 aromatic carbocycles. The van der Waals surface area contributed by atoms with Crippen LogP contribution >= 0.6 is 0 Å². The molecular formula is C20H20N2O. The molecule has 0 fully saturated rings. The number of rotatable bonds is 3. The Kier molecular flexibility index (Phi) is 3.50. The normalized spacial score (nSPS) is 14.8. The number of para-hydroxylation sites is 1. The second-order valence-corrected chi connectivity index (χ2v) is 6.32. The Morgan fingerprint density at radius 1 is 1.09 bits per heavy atom. The molecule has 0 aliphatic carbocycles. The Labute approximate surface area is 135 Å². The molecule has 0 amide bonds. The first-order valence-corrected chi connectivity index (χ1v) is 8.12. The lowest BCUT2D eigenvalue weighted by Gasteiger charge is -2.28. The van der Waals surface area contributed by atoms with Gasteiger partial charge in [0.15, 0.2) is 5.78 Å². The van der Waals surface area contributed by atoms with Gasteiger partial charge in [-0.1, -0.05) is 42.5 Å². The molecule has 0 unspecified atom stereocenters. The number of benzene rings is 2. The van der Waals surface area contributed by atoms with Crippen LogP contribution in [-0.2, 0) is 13.0 Å². The number of Topliss-reactive ketones (excluding diaryl/α,β-unsaturated/α-hetero) is 1. The first-order valence-electron chi connectivity index (χ1n) is 8.12. The Morgan fingerprint density at radius 2 is 1.83 bits per heavy atom. The van der Waals surface area contributed by atoms with E-state index < -0.39 is 0 Å². The number of fused-ring (bicyclic) bond motifs is 2. The maximum absolute atomic E-state index is 12.9. The summed E-state index contributed by atoms with van der Waals surface area (Å²) >= 11 is 0. The molecule has 116 valence electrons. The molecule has 0 saturated carbocycles. The molecule has 3 nitrogen and oxygen atoms in total. The molecule has 23 heavy (non-hydrogen) atoms. The van der Waals surface area contributed by atoms with Crippen LogP contribution in [-0.4, -0.2) is 28.8 Å². The molecule has 1 aromatic heterocycles. The third-order valence-electron chi connectivity index (χ3n) is 4.75. The highest BCUT2D eigenvalue weighted by atomic mass is 16.1. The van der Waals surface area contributed by atoms with Crippen LogP contribution in [0.5, 0.6) is 0 Å². The van der Waals surface area contributed by atoms with Crippen molar-refractivity contribution in [2.75, 3.05) is 13.1 Å². The number of aromatic nitrogens is 1. The van der Waals surface area contributed by atoms with E-state index in [1.54, 1.807) is 0 Å². The molecule has 1 N–H and O–H groups in total. The van der Waals surface area contributed by atoms with Gasteiger partial charge < -0.3 is 4.98 Å². The number of carbonyl (C=O) groups excluding carboxylic acids is 1. The number of carbonyl (C=O) groups is 1. The zero-order valence-corrected chi connectivity index (χ0v) is 13.3. The van der Waals surface area contributed by atoms with Crippen LogP contribution in [0.1, 0.15) is 27.2 Å². The van der Waals surface area contributed by atoms with Gasteiger partial charge >= 0.3 is 0 Å². The number of H-pyrrole nitrogens is 1. The molecule has 0 spiro atoms. The van der Waals surface area contributed by atoms with Crippen LogP contribution in [0.15, 0.2) is 48.5 Å². The van der Waals surface area contributed by atoms with Crippen LogP contribution in [0.25, 0.3) is 10.9 Å². The van der Waals surface area contributed by atoms with Crippen LogP contribution in [0.4, 0.5) is 0 Å². The Morgan fingerprint density at radius 3 is 2.70 bits per heavy atom. The number of aryl methyl sites for hydroxylation is 1. The number of nitrogens with zero attached hydrogens (tertiary/aromatic N) is 1. The van der Waals surface area contributed by atoms with Crippen molar-refractivity contribution < 1.29 is 4.79 Å². The quantitative estimate of drug-likeness (QED) is 0.749. The molecule has 4 rings (SSSR count). The Hall–Kier alpha value is -2.39. The topological polar surface area (TPSA) is 36.1 Å². The molecule has 3 aromatic rings. The number of hydrogen-bond donors (Lipinski definition) is 1. The summed E-state index contributed by atoms with van der Waals surface area (Å²) < 4.78 is 0. The van der Waals surface area contributed by atoms with Crippen molar-refractivity contribution in [3.63, 3.8) is 0 Å². The zero-order chi connectivity index (χ0) is 15.8. The maximum Gasteiger partial charge on any atom is 0.179 e. The van der Waals surface area contributed by atoms with Gasteiger partial charge in [-0.15, -0.1) is 0 Å². The van der Waals surface area contributed by atoms with Crippen molar-refractivity contribution in [1.29, 1.82) is 0 Å². The first kappa shape index (κ1) is 14.2. The van der Waals surface area contributed by atoms with E-state index in [9.17, 15) is 4.79 Å². The summed E-state index contributed by atoms with van der Waals surface area (Å²) in [5.74, 6) is 0.208. The van der Waals surface area contributed by atoms with Gasteiger partial charge in [-0.2, -0.15) is 0 Å². The summed E-state index contributed by atoms with van der Waals surface area (Å²) in [5.41, 5.74) is 5.62.